The summed E-state index contributed by atoms with van der Waals surface area (Å²) in [5.74, 6) is -0.0530. The summed E-state index contributed by atoms with van der Waals surface area (Å²) in [6, 6.07) is 13.6. The van der Waals surface area contributed by atoms with Crippen molar-refractivity contribution in [1.82, 2.24) is 15.3 Å². The second-order valence-corrected chi connectivity index (χ2v) is 8.12. The summed E-state index contributed by atoms with van der Waals surface area (Å²) in [4.78, 5) is 33.3. The summed E-state index contributed by atoms with van der Waals surface area (Å²) in [7, 11) is 0. The van der Waals surface area contributed by atoms with Gasteiger partial charge in [-0.3, -0.25) is 14.6 Å². The Bertz CT molecular complexity index is 1040. The third-order valence-corrected chi connectivity index (χ3v) is 5.31. The third-order valence-electron chi connectivity index (χ3n) is 5.31. The third kappa shape index (κ3) is 4.13. The van der Waals surface area contributed by atoms with Crippen molar-refractivity contribution in [3.05, 3.63) is 66.1 Å². The number of carbonyl (C=O) groups excluding carboxylic acids is 2. The van der Waals surface area contributed by atoms with Crippen molar-refractivity contribution in [1.29, 1.82) is 0 Å². The van der Waals surface area contributed by atoms with Crippen LogP contribution in [0.25, 0.3) is 11.3 Å². The Hall–Kier alpha value is -3.41. The molecule has 1 amide bonds. The predicted octanol–water partition coefficient (Wildman–Crippen LogP) is 4.34. The quantitative estimate of drug-likeness (QED) is 0.572. The predicted molar refractivity (Wildman–Crippen MR) is 118 cm³/mol. The molecule has 6 nitrogen and oxygen atoms in total. The lowest BCUT2D eigenvalue weighted by atomic mass is 9.85. The Balaban J connectivity index is 1.71. The largest absolute Gasteiger partial charge is 0.356 e. The smallest absolute Gasteiger partial charge is 0.223 e. The zero-order chi connectivity index (χ0) is 21.1. The van der Waals surface area contributed by atoms with Crippen molar-refractivity contribution >= 4 is 23.1 Å². The molecule has 1 aliphatic carbocycles. The van der Waals surface area contributed by atoms with E-state index in [1.807, 2.05) is 42.5 Å². The van der Waals surface area contributed by atoms with E-state index >= 15 is 0 Å². The number of rotatable bonds is 6. The van der Waals surface area contributed by atoms with Gasteiger partial charge in [-0.15, -0.1) is 0 Å². The molecule has 2 heterocycles. The lowest BCUT2D eigenvalue weighted by Gasteiger charge is -2.22. The minimum Gasteiger partial charge on any atom is -0.356 e. The van der Waals surface area contributed by atoms with Crippen LogP contribution >= 0.6 is 0 Å². The van der Waals surface area contributed by atoms with Crippen molar-refractivity contribution in [2.45, 2.75) is 26.7 Å². The van der Waals surface area contributed by atoms with Crippen LogP contribution in [0.3, 0.4) is 0 Å². The van der Waals surface area contributed by atoms with E-state index in [4.69, 9.17) is 0 Å². The summed E-state index contributed by atoms with van der Waals surface area (Å²) >= 11 is 0. The highest BCUT2D eigenvalue weighted by Gasteiger charge is 2.34. The van der Waals surface area contributed by atoms with E-state index in [2.05, 4.69) is 34.4 Å². The molecule has 30 heavy (non-hydrogen) atoms. The number of nitrogens with zero attached hydrogens (tertiary/aromatic N) is 1. The number of H-pyrrole nitrogens is 1. The van der Waals surface area contributed by atoms with Gasteiger partial charge in [0.15, 0.2) is 5.78 Å². The number of ketones is 1. The maximum absolute atomic E-state index is 13.1. The minimum absolute atomic E-state index is 0.0177. The molecule has 0 spiro atoms. The summed E-state index contributed by atoms with van der Waals surface area (Å²) in [6.07, 6.45) is 4.19. The molecule has 1 unspecified atom stereocenters. The zero-order valence-electron chi connectivity index (χ0n) is 17.2. The van der Waals surface area contributed by atoms with Gasteiger partial charge in [-0.25, -0.2) is 0 Å². The lowest BCUT2D eigenvalue weighted by Crippen LogP contribution is -2.37. The Labute approximate surface area is 176 Å². The van der Waals surface area contributed by atoms with Crippen LogP contribution in [0, 0.1) is 11.8 Å². The molecule has 0 saturated heterocycles. The van der Waals surface area contributed by atoms with E-state index in [1.54, 1.807) is 12.4 Å². The van der Waals surface area contributed by atoms with Crippen LogP contribution in [0.4, 0.5) is 11.4 Å². The first-order valence-electron chi connectivity index (χ1n) is 10.3. The molecule has 0 saturated carbocycles. The number of carbonyl (C=O) groups is 2. The second-order valence-electron chi connectivity index (χ2n) is 8.12. The van der Waals surface area contributed by atoms with Crippen molar-refractivity contribution in [3.8, 4) is 11.3 Å². The summed E-state index contributed by atoms with van der Waals surface area (Å²) in [6.45, 7) is 4.72. The van der Waals surface area contributed by atoms with Crippen LogP contribution in [0.15, 0.2) is 54.9 Å². The number of amides is 1. The Morgan fingerprint density at radius 2 is 1.87 bits per heavy atom. The van der Waals surface area contributed by atoms with Crippen molar-refractivity contribution in [2.75, 3.05) is 11.9 Å². The fraction of sp³-hybridized carbons (Fsp3) is 0.292. The molecule has 1 atom stereocenters. The van der Waals surface area contributed by atoms with Crippen LogP contribution in [-0.4, -0.2) is 28.2 Å². The van der Waals surface area contributed by atoms with E-state index in [0.29, 0.717) is 24.4 Å². The van der Waals surface area contributed by atoms with Gasteiger partial charge < -0.3 is 15.6 Å². The number of anilines is 2. The first-order valence-corrected chi connectivity index (χ1v) is 10.3. The van der Waals surface area contributed by atoms with Crippen LogP contribution in [0.5, 0.6) is 0 Å². The van der Waals surface area contributed by atoms with Crippen LogP contribution in [-0.2, 0) is 11.2 Å². The summed E-state index contributed by atoms with van der Waals surface area (Å²) in [5, 5.41) is 6.39. The topological polar surface area (TPSA) is 86.9 Å². The van der Waals surface area contributed by atoms with Gasteiger partial charge in [-0.05, 0) is 30.2 Å². The minimum atomic E-state index is -0.350. The highest BCUT2D eigenvalue weighted by atomic mass is 16.2. The average molecular weight is 402 g/mol. The lowest BCUT2D eigenvalue weighted by molar-refractivity contribution is -0.125. The number of hydrogen-bond acceptors (Lipinski definition) is 4. The van der Waals surface area contributed by atoms with Crippen LogP contribution < -0.4 is 10.6 Å². The Morgan fingerprint density at radius 3 is 2.57 bits per heavy atom. The van der Waals surface area contributed by atoms with E-state index in [0.717, 1.165) is 28.3 Å². The van der Waals surface area contributed by atoms with Gasteiger partial charge >= 0.3 is 0 Å². The number of pyridine rings is 1. The standard InChI is InChI=1S/C24H26N4O2/c1-15(2)14-26-24(30)17-12-19-21(20(29)13-17)23(27-18-6-4-3-5-7-18)22(28-19)16-8-10-25-11-9-16/h3-11,15,17,27-28H,12-14H2,1-2H3,(H,26,30). The number of Topliss-reactive ketones (excluding diaryl/α,β-unsaturated/α-hetero) is 1. The first-order chi connectivity index (χ1) is 14.5. The number of aromatic amines is 1. The second kappa shape index (κ2) is 8.53. The molecule has 3 aromatic rings. The van der Waals surface area contributed by atoms with Crippen molar-refractivity contribution < 1.29 is 9.59 Å². The van der Waals surface area contributed by atoms with E-state index < -0.39 is 0 Å². The highest BCUT2D eigenvalue weighted by molar-refractivity contribution is 6.09. The van der Waals surface area contributed by atoms with Gasteiger partial charge in [-0.1, -0.05) is 32.0 Å². The van der Waals surface area contributed by atoms with Crippen molar-refractivity contribution in [2.24, 2.45) is 11.8 Å². The number of fused-ring (bicyclic) bond motifs is 1. The van der Waals surface area contributed by atoms with Crippen LogP contribution in [0.1, 0.15) is 36.3 Å². The van der Waals surface area contributed by atoms with Gasteiger partial charge in [0.05, 0.1) is 22.9 Å². The number of para-hydroxylation sites is 1. The molecule has 3 N–H and O–H groups in total. The summed E-state index contributed by atoms with van der Waals surface area (Å²) < 4.78 is 0. The van der Waals surface area contributed by atoms with Gasteiger partial charge in [0, 0.05) is 48.7 Å². The molecule has 0 radical (unpaired) electrons. The summed E-state index contributed by atoms with van der Waals surface area (Å²) in [5.41, 5.74) is 4.89. The molecular weight excluding hydrogens is 376 g/mol. The van der Waals surface area contributed by atoms with Gasteiger partial charge in [0.1, 0.15) is 0 Å². The number of aromatic nitrogens is 2. The van der Waals surface area contributed by atoms with Crippen molar-refractivity contribution in [3.63, 3.8) is 0 Å². The average Bonchev–Trinajstić information content (AvgIpc) is 3.12. The molecular formula is C24H26N4O2. The highest BCUT2D eigenvalue weighted by Crippen LogP contribution is 2.39. The Kier molecular flexibility index (Phi) is 5.65. The number of benzene rings is 1. The molecule has 1 aliphatic rings. The van der Waals surface area contributed by atoms with E-state index in [-0.39, 0.29) is 24.0 Å². The molecule has 154 valence electrons. The number of hydrogen-bond donors (Lipinski definition) is 3. The molecule has 0 aliphatic heterocycles. The number of nitrogens with one attached hydrogen (secondary N) is 3. The van der Waals surface area contributed by atoms with E-state index in [9.17, 15) is 9.59 Å². The van der Waals surface area contributed by atoms with Gasteiger partial charge in [0.25, 0.3) is 0 Å². The maximum atomic E-state index is 13.1. The molecule has 1 aromatic carbocycles. The normalized spacial score (nSPS) is 15.7. The monoisotopic (exact) mass is 402 g/mol. The fourth-order valence-corrected chi connectivity index (χ4v) is 3.82. The fourth-order valence-electron chi connectivity index (χ4n) is 3.82. The van der Waals surface area contributed by atoms with Gasteiger partial charge in [0.2, 0.25) is 5.91 Å². The molecule has 0 bridgehead atoms. The molecule has 0 fully saturated rings. The maximum Gasteiger partial charge on any atom is 0.223 e. The SMILES string of the molecule is CC(C)CNC(=O)C1CC(=O)c2c([nH]c(-c3ccncc3)c2Nc2ccccc2)C1. The van der Waals surface area contributed by atoms with E-state index in [1.165, 1.54) is 0 Å². The zero-order valence-corrected chi connectivity index (χ0v) is 17.2. The molecule has 4 rings (SSSR count). The molecule has 6 heteroatoms. The van der Waals surface area contributed by atoms with Crippen LogP contribution in [0.2, 0.25) is 0 Å². The van der Waals surface area contributed by atoms with Gasteiger partial charge in [-0.2, -0.15) is 0 Å². The first kappa shape index (κ1) is 19.9. The Morgan fingerprint density at radius 1 is 1.13 bits per heavy atom. The molecule has 2 aromatic heterocycles.